The van der Waals surface area contributed by atoms with E-state index in [0.717, 1.165) is 102 Å². The summed E-state index contributed by atoms with van der Waals surface area (Å²) in [5, 5.41) is 14.3. The summed E-state index contributed by atoms with van der Waals surface area (Å²) in [6.07, 6.45) is 12.2. The first-order valence-electron chi connectivity index (χ1n) is 16.7. The molecule has 258 valence electrons. The summed E-state index contributed by atoms with van der Waals surface area (Å²) in [5.41, 5.74) is 0. The fourth-order valence-electron chi connectivity index (χ4n) is 5.04. The van der Waals surface area contributed by atoms with Gasteiger partial charge in [-0.1, -0.05) is 32.6 Å². The van der Waals surface area contributed by atoms with Gasteiger partial charge < -0.3 is 34.6 Å². The van der Waals surface area contributed by atoms with Crippen molar-refractivity contribution in [1.82, 2.24) is 20.4 Å². The van der Waals surface area contributed by atoms with E-state index in [1.165, 1.54) is 13.4 Å². The minimum Gasteiger partial charge on any atom is -0.469 e. The smallest absolute Gasteiger partial charge is 0.322 e. The molecule has 1 aliphatic rings. The molecule has 13 heteroatoms. The third-order valence-electron chi connectivity index (χ3n) is 7.81. The third kappa shape index (κ3) is 21.7. The minimum absolute atomic E-state index is 0.0989. The Labute approximate surface area is 274 Å². The second-order valence-corrected chi connectivity index (χ2v) is 12.7. The van der Waals surface area contributed by atoms with Crippen LogP contribution in [0.4, 0.5) is 4.79 Å². The first-order valence-corrected chi connectivity index (χ1v) is 17.8. The van der Waals surface area contributed by atoms with Gasteiger partial charge >= 0.3 is 23.9 Å². The van der Waals surface area contributed by atoms with Crippen LogP contribution < -0.4 is 10.6 Å². The van der Waals surface area contributed by atoms with Crippen molar-refractivity contribution in [2.75, 3.05) is 64.5 Å². The molecule has 0 aromatic heterocycles. The largest absolute Gasteiger partial charge is 0.469 e. The van der Waals surface area contributed by atoms with Crippen molar-refractivity contribution in [3.8, 4) is 6.26 Å². The number of methoxy groups -OCH3 is 1. The quantitative estimate of drug-likeness (QED) is 0.0540. The van der Waals surface area contributed by atoms with Gasteiger partial charge in [-0.25, -0.2) is 4.79 Å². The molecule has 1 saturated heterocycles. The van der Waals surface area contributed by atoms with Crippen LogP contribution in [-0.4, -0.2) is 110 Å². The summed E-state index contributed by atoms with van der Waals surface area (Å²) >= 11 is 1.80. The summed E-state index contributed by atoms with van der Waals surface area (Å²) in [5.74, 6) is 0.971. The van der Waals surface area contributed by atoms with Crippen LogP contribution in [0.1, 0.15) is 97.3 Å². The van der Waals surface area contributed by atoms with Gasteiger partial charge in [0.1, 0.15) is 0 Å². The number of hydrogen-bond donors (Lipinski definition) is 2. The Kier molecular flexibility index (Phi) is 24.0. The molecule has 0 saturated carbocycles. The molecule has 0 bridgehead atoms. The molecule has 1 aliphatic heterocycles. The first-order chi connectivity index (χ1) is 21.8. The zero-order chi connectivity index (χ0) is 33.1. The standard InChI is InChI=1S/C32H57N5O7S/c1-4-5-9-17-36(22-16-31(40)44-26-33)19-13-20-37(21-15-29(38)42-3)18-10-6-7-11-23-43-30(39)14-8-12-24-45-25-28-27(2)34-32(41)35-28/h27-28H,4-25H2,1-3H3,(H2,34,35,41). The number of thioether (sulfide) groups is 1. The van der Waals surface area contributed by atoms with E-state index in [1.807, 2.05) is 6.92 Å². The van der Waals surface area contributed by atoms with Gasteiger partial charge in [0.05, 0.1) is 32.6 Å². The maximum atomic E-state index is 12.1. The summed E-state index contributed by atoms with van der Waals surface area (Å²) in [6, 6.07) is 0.210. The molecule has 45 heavy (non-hydrogen) atoms. The number of nitrogens with one attached hydrogen (secondary N) is 2. The normalized spacial score (nSPS) is 15.9. The highest BCUT2D eigenvalue weighted by atomic mass is 32.2. The number of esters is 3. The Bertz CT molecular complexity index is 888. The average Bonchev–Trinajstić information content (AvgIpc) is 3.34. The minimum atomic E-state index is -0.501. The molecule has 0 radical (unpaired) electrons. The van der Waals surface area contributed by atoms with Gasteiger partial charge in [-0.3, -0.25) is 14.4 Å². The molecule has 0 spiro atoms. The van der Waals surface area contributed by atoms with Crippen molar-refractivity contribution in [1.29, 1.82) is 5.26 Å². The van der Waals surface area contributed by atoms with E-state index in [9.17, 15) is 19.2 Å². The van der Waals surface area contributed by atoms with Gasteiger partial charge in [0.25, 0.3) is 6.26 Å². The van der Waals surface area contributed by atoms with E-state index in [-0.39, 0.29) is 36.5 Å². The Balaban J connectivity index is 2.21. The number of nitriles is 1. The lowest BCUT2D eigenvalue weighted by Gasteiger charge is -2.25. The third-order valence-corrected chi connectivity index (χ3v) is 8.98. The van der Waals surface area contributed by atoms with Crippen LogP contribution in [0.25, 0.3) is 0 Å². The van der Waals surface area contributed by atoms with Crippen molar-refractivity contribution in [3.05, 3.63) is 0 Å². The van der Waals surface area contributed by atoms with Gasteiger partial charge in [0.2, 0.25) is 0 Å². The van der Waals surface area contributed by atoms with Crippen molar-refractivity contribution < 1.29 is 33.4 Å². The van der Waals surface area contributed by atoms with Crippen LogP contribution in [0.2, 0.25) is 0 Å². The Morgan fingerprint density at radius 1 is 0.800 bits per heavy atom. The molecular formula is C32H57N5O7S. The molecule has 0 aromatic carbocycles. The maximum absolute atomic E-state index is 12.1. The summed E-state index contributed by atoms with van der Waals surface area (Å²) in [7, 11) is 1.41. The molecule has 2 atom stereocenters. The lowest BCUT2D eigenvalue weighted by Crippen LogP contribution is -2.33. The van der Waals surface area contributed by atoms with Gasteiger partial charge in [0, 0.05) is 31.3 Å². The topological polar surface area (TPSA) is 150 Å². The molecule has 12 nitrogen and oxygen atoms in total. The van der Waals surface area contributed by atoms with E-state index in [0.29, 0.717) is 32.5 Å². The maximum Gasteiger partial charge on any atom is 0.322 e. The molecule has 2 unspecified atom stereocenters. The van der Waals surface area contributed by atoms with Crippen LogP contribution in [-0.2, 0) is 28.6 Å². The predicted octanol–water partition coefficient (Wildman–Crippen LogP) is 4.23. The molecule has 1 rings (SSSR count). The fraction of sp³-hybridized carbons (Fsp3) is 0.844. The van der Waals surface area contributed by atoms with E-state index in [1.54, 1.807) is 11.8 Å². The summed E-state index contributed by atoms with van der Waals surface area (Å²) < 4.78 is 14.7. The van der Waals surface area contributed by atoms with Crippen molar-refractivity contribution in [2.24, 2.45) is 0 Å². The number of urea groups is 1. The number of hydrogen-bond acceptors (Lipinski definition) is 11. The molecule has 2 amide bonds. The number of carbonyl (C=O) groups is 4. The highest BCUT2D eigenvalue weighted by Gasteiger charge is 2.27. The molecule has 0 aromatic rings. The predicted molar refractivity (Wildman–Crippen MR) is 175 cm³/mol. The molecule has 0 aliphatic carbocycles. The number of amides is 2. The number of ether oxygens (including phenoxy) is 3. The van der Waals surface area contributed by atoms with Crippen LogP contribution >= 0.6 is 11.8 Å². The fourth-order valence-corrected chi connectivity index (χ4v) is 6.24. The van der Waals surface area contributed by atoms with E-state index in [2.05, 4.69) is 32.1 Å². The van der Waals surface area contributed by atoms with E-state index in [4.69, 9.17) is 14.7 Å². The number of nitrogens with zero attached hydrogens (tertiary/aromatic N) is 3. The molecule has 1 fully saturated rings. The van der Waals surface area contributed by atoms with Crippen LogP contribution in [0.15, 0.2) is 0 Å². The van der Waals surface area contributed by atoms with E-state index < -0.39 is 5.97 Å². The lowest BCUT2D eigenvalue weighted by atomic mass is 10.2. The zero-order valence-electron chi connectivity index (χ0n) is 27.8. The number of rotatable bonds is 28. The second-order valence-electron chi connectivity index (χ2n) is 11.6. The Morgan fingerprint density at radius 3 is 2.07 bits per heavy atom. The average molecular weight is 656 g/mol. The summed E-state index contributed by atoms with van der Waals surface area (Å²) in [4.78, 5) is 51.3. The van der Waals surface area contributed by atoms with Gasteiger partial charge in [-0.05, 0) is 77.4 Å². The monoisotopic (exact) mass is 655 g/mol. The Morgan fingerprint density at radius 2 is 1.44 bits per heavy atom. The van der Waals surface area contributed by atoms with Crippen LogP contribution in [0, 0.1) is 11.5 Å². The first kappa shape index (κ1) is 40.5. The van der Waals surface area contributed by atoms with Crippen LogP contribution in [0.3, 0.4) is 0 Å². The van der Waals surface area contributed by atoms with Crippen molar-refractivity contribution in [2.45, 2.75) is 109 Å². The van der Waals surface area contributed by atoms with Gasteiger partial charge in [-0.2, -0.15) is 11.8 Å². The number of unbranched alkanes of at least 4 members (excludes halogenated alkanes) is 6. The van der Waals surface area contributed by atoms with Crippen molar-refractivity contribution in [3.63, 3.8) is 0 Å². The number of carbonyl (C=O) groups excluding carboxylic acids is 4. The van der Waals surface area contributed by atoms with Crippen molar-refractivity contribution >= 4 is 35.7 Å². The zero-order valence-corrected chi connectivity index (χ0v) is 28.6. The summed E-state index contributed by atoms with van der Waals surface area (Å²) in [6.45, 7) is 9.26. The van der Waals surface area contributed by atoms with Gasteiger partial charge in [-0.15, -0.1) is 5.26 Å². The SMILES string of the molecule is CCCCCN(CCCN(CCCCCCOC(=O)CCCCSCC1NC(=O)NC1C)CCC(=O)OC)CCC(=O)OC#N. The highest BCUT2D eigenvalue weighted by Crippen LogP contribution is 2.13. The molecule has 1 heterocycles. The second kappa shape index (κ2) is 26.6. The van der Waals surface area contributed by atoms with E-state index >= 15 is 0 Å². The highest BCUT2D eigenvalue weighted by molar-refractivity contribution is 7.99. The molecule has 2 N–H and O–H groups in total. The van der Waals surface area contributed by atoms with Gasteiger partial charge in [0.15, 0.2) is 0 Å². The lowest BCUT2D eigenvalue weighted by molar-refractivity contribution is -0.144. The Hall–Kier alpha value is -2.56. The van der Waals surface area contributed by atoms with Crippen LogP contribution in [0.5, 0.6) is 0 Å². The molecular weight excluding hydrogens is 598 g/mol.